The minimum absolute atomic E-state index is 0.0389. The molecule has 3 aromatic rings. The first-order valence-electron chi connectivity index (χ1n) is 13.3. The van der Waals surface area contributed by atoms with Crippen LogP contribution < -0.4 is 4.74 Å². The van der Waals surface area contributed by atoms with E-state index in [1.54, 1.807) is 12.4 Å². The van der Waals surface area contributed by atoms with Crippen LogP contribution in [0.2, 0.25) is 18.1 Å². The van der Waals surface area contributed by atoms with Crippen LogP contribution in [-0.4, -0.2) is 50.3 Å². The quantitative estimate of drug-likeness (QED) is 0.327. The van der Waals surface area contributed by atoms with Crippen molar-refractivity contribution in [2.75, 3.05) is 13.2 Å². The van der Waals surface area contributed by atoms with Gasteiger partial charge in [-0.2, -0.15) is 0 Å². The topological polar surface area (TPSA) is 80.0 Å². The fraction of sp³-hybridized carbons (Fsp3) is 0.533. The van der Waals surface area contributed by atoms with Gasteiger partial charge in [-0.05, 0) is 75.7 Å². The van der Waals surface area contributed by atoms with Gasteiger partial charge in [-0.1, -0.05) is 20.8 Å². The molecule has 3 heterocycles. The molecule has 7 nitrogen and oxygen atoms in total. The van der Waals surface area contributed by atoms with Crippen molar-refractivity contribution >= 4 is 25.1 Å². The van der Waals surface area contributed by atoms with Crippen LogP contribution in [0.1, 0.15) is 75.7 Å². The van der Waals surface area contributed by atoms with Crippen molar-refractivity contribution in [2.24, 2.45) is 0 Å². The predicted octanol–water partition coefficient (Wildman–Crippen LogP) is 6.62. The van der Waals surface area contributed by atoms with Gasteiger partial charge in [-0.3, -0.25) is 9.78 Å². The van der Waals surface area contributed by atoms with Gasteiger partial charge in [0.05, 0.1) is 18.4 Å². The number of ether oxygens (including phenoxy) is 3. The first-order valence-corrected chi connectivity index (χ1v) is 16.2. The number of benzene rings is 1. The number of carbonyl (C=O) groups excluding carboxylic acids is 1. The Morgan fingerprint density at radius 2 is 1.71 bits per heavy atom. The van der Waals surface area contributed by atoms with Crippen molar-refractivity contribution in [2.45, 2.75) is 90.0 Å². The number of hydrogen-bond acceptors (Lipinski definition) is 7. The average molecular weight is 538 g/mol. The van der Waals surface area contributed by atoms with E-state index in [4.69, 9.17) is 23.1 Å². The Hall–Kier alpha value is -2.52. The van der Waals surface area contributed by atoms with E-state index in [9.17, 15) is 4.79 Å². The van der Waals surface area contributed by atoms with Crippen molar-refractivity contribution < 1.29 is 27.8 Å². The maximum absolute atomic E-state index is 13.5. The van der Waals surface area contributed by atoms with Gasteiger partial charge < -0.3 is 23.1 Å². The molecule has 0 spiro atoms. The van der Waals surface area contributed by atoms with Crippen LogP contribution in [0.25, 0.3) is 11.0 Å². The van der Waals surface area contributed by atoms with Gasteiger partial charge in [0.25, 0.3) is 0 Å². The predicted molar refractivity (Wildman–Crippen MR) is 148 cm³/mol. The Kier molecular flexibility index (Phi) is 6.42. The van der Waals surface area contributed by atoms with E-state index >= 15 is 0 Å². The Bertz CT molecular complexity index is 1380. The summed E-state index contributed by atoms with van der Waals surface area (Å²) in [5, 5.41) is 0.906. The second-order valence-corrected chi connectivity index (χ2v) is 17.7. The first kappa shape index (κ1) is 27.1. The van der Waals surface area contributed by atoms with Crippen LogP contribution in [-0.2, 0) is 19.3 Å². The number of hydrogen-bond donors (Lipinski definition) is 0. The van der Waals surface area contributed by atoms with Gasteiger partial charge in [-0.15, -0.1) is 0 Å². The van der Waals surface area contributed by atoms with E-state index in [0.717, 1.165) is 10.9 Å². The highest BCUT2D eigenvalue weighted by Crippen LogP contribution is 2.46. The molecule has 2 aliphatic rings. The van der Waals surface area contributed by atoms with E-state index < -0.39 is 19.5 Å². The van der Waals surface area contributed by atoms with Crippen LogP contribution in [0, 0.1) is 0 Å². The highest BCUT2D eigenvalue weighted by atomic mass is 28.4. The third-order valence-electron chi connectivity index (χ3n) is 8.31. The molecule has 8 heteroatoms. The zero-order valence-electron chi connectivity index (χ0n) is 23.9. The minimum Gasteiger partial charge on any atom is -0.491 e. The number of fused-ring (bicyclic) bond motifs is 4. The summed E-state index contributed by atoms with van der Waals surface area (Å²) in [4.78, 5) is 17.7. The molecule has 2 aromatic heterocycles. The normalized spacial score (nSPS) is 22.4. The highest BCUT2D eigenvalue weighted by molar-refractivity contribution is 6.74. The summed E-state index contributed by atoms with van der Waals surface area (Å²) < 4.78 is 31.3. The highest BCUT2D eigenvalue weighted by Gasteiger charge is 2.45. The number of rotatable bonds is 6. The molecule has 1 aliphatic carbocycles. The Labute approximate surface area is 225 Å². The third kappa shape index (κ3) is 4.61. The molecule has 0 bridgehead atoms. The van der Waals surface area contributed by atoms with E-state index in [1.807, 2.05) is 38.1 Å². The largest absolute Gasteiger partial charge is 0.491 e. The number of aromatic nitrogens is 1. The molecule has 2 atom stereocenters. The fourth-order valence-electron chi connectivity index (χ4n) is 5.08. The lowest BCUT2D eigenvalue weighted by atomic mass is 9.72. The maximum atomic E-state index is 13.5. The summed E-state index contributed by atoms with van der Waals surface area (Å²) in [5.74, 6) is 0.574. The minimum atomic E-state index is -1.94. The maximum Gasteiger partial charge on any atom is 0.197 e. The van der Waals surface area contributed by atoms with Crippen LogP contribution in [0.15, 0.2) is 41.1 Å². The molecule has 0 saturated carbocycles. The summed E-state index contributed by atoms with van der Waals surface area (Å²) in [7, 11) is -1.94. The monoisotopic (exact) mass is 537 g/mol. The van der Waals surface area contributed by atoms with E-state index in [2.05, 4.69) is 52.7 Å². The number of furan rings is 1. The molecule has 1 fully saturated rings. The standard InChI is InChI=1S/C30H39NO6Si/c1-28(2,3)38(8,9)34-17-24-23(36-30(6,7)37-24)16-33-18-10-11-19-21(14-18)29(4,5)27-25(26(19)32)20-12-13-31-15-22(20)35-27/h10-15,23-24H,16-17H2,1-9H3/t23-,24-/m1/s1. The second-order valence-electron chi connectivity index (χ2n) is 12.9. The van der Waals surface area contributed by atoms with Crippen molar-refractivity contribution in [1.82, 2.24) is 4.98 Å². The summed E-state index contributed by atoms with van der Waals surface area (Å²) in [5.41, 5.74) is 2.26. The van der Waals surface area contributed by atoms with Crippen molar-refractivity contribution in [3.05, 3.63) is 59.1 Å². The summed E-state index contributed by atoms with van der Waals surface area (Å²) >= 11 is 0. The van der Waals surface area contributed by atoms with Gasteiger partial charge in [-0.25, -0.2) is 0 Å². The van der Waals surface area contributed by atoms with Gasteiger partial charge in [0.2, 0.25) is 0 Å². The molecule has 1 aromatic carbocycles. The number of ketones is 1. The lowest BCUT2D eigenvalue weighted by Crippen LogP contribution is -2.44. The molecule has 0 N–H and O–H groups in total. The molecule has 0 radical (unpaired) electrons. The number of carbonyl (C=O) groups is 1. The van der Waals surface area contributed by atoms with E-state index in [1.165, 1.54) is 0 Å². The van der Waals surface area contributed by atoms with Crippen molar-refractivity contribution in [3.63, 3.8) is 0 Å². The van der Waals surface area contributed by atoms with Gasteiger partial charge in [0.1, 0.15) is 30.3 Å². The molecule has 5 rings (SSSR count). The number of pyridine rings is 1. The average Bonchev–Trinajstić information content (AvgIpc) is 3.37. The lowest BCUT2D eigenvalue weighted by molar-refractivity contribution is -0.150. The van der Waals surface area contributed by atoms with Crippen LogP contribution in [0.3, 0.4) is 0 Å². The molecule has 38 heavy (non-hydrogen) atoms. The Balaban J connectivity index is 1.36. The van der Waals surface area contributed by atoms with Gasteiger partial charge >= 0.3 is 0 Å². The molecular formula is C30H39NO6Si. The van der Waals surface area contributed by atoms with Crippen LogP contribution >= 0.6 is 0 Å². The molecule has 0 unspecified atom stereocenters. The van der Waals surface area contributed by atoms with Gasteiger partial charge in [0, 0.05) is 22.6 Å². The first-order chi connectivity index (χ1) is 17.6. The molecule has 1 aliphatic heterocycles. The van der Waals surface area contributed by atoms with Gasteiger partial charge in [0.15, 0.2) is 25.5 Å². The summed E-state index contributed by atoms with van der Waals surface area (Å²) in [6, 6.07) is 7.49. The zero-order valence-corrected chi connectivity index (χ0v) is 24.9. The van der Waals surface area contributed by atoms with Crippen molar-refractivity contribution in [3.8, 4) is 5.75 Å². The summed E-state index contributed by atoms with van der Waals surface area (Å²) in [6.07, 6.45) is 2.83. The molecule has 1 saturated heterocycles. The Morgan fingerprint density at radius 3 is 2.39 bits per heavy atom. The Morgan fingerprint density at radius 1 is 1.03 bits per heavy atom. The number of nitrogens with zero attached hydrogens (tertiary/aromatic N) is 1. The van der Waals surface area contributed by atoms with Crippen LogP contribution in [0.4, 0.5) is 0 Å². The molecule has 204 valence electrons. The van der Waals surface area contributed by atoms with Crippen molar-refractivity contribution in [1.29, 1.82) is 0 Å². The third-order valence-corrected chi connectivity index (χ3v) is 12.8. The lowest BCUT2D eigenvalue weighted by Gasteiger charge is -2.37. The fourth-order valence-corrected chi connectivity index (χ4v) is 6.09. The zero-order chi connectivity index (χ0) is 27.7. The van der Waals surface area contributed by atoms with E-state index in [-0.39, 0.29) is 23.0 Å². The summed E-state index contributed by atoms with van der Waals surface area (Å²) in [6.45, 7) is 19.9. The van der Waals surface area contributed by atoms with Crippen LogP contribution in [0.5, 0.6) is 5.75 Å². The molecule has 0 amide bonds. The second kappa shape index (κ2) is 9.01. The molecular weight excluding hydrogens is 498 g/mol. The van der Waals surface area contributed by atoms with E-state index in [0.29, 0.717) is 41.4 Å². The smallest absolute Gasteiger partial charge is 0.197 e. The SMILES string of the molecule is CC1(C)O[C@H](COc2ccc3c(c2)C(C)(C)c2oc4cnccc4c2C3=O)[C@@H](CO[Si](C)(C)C(C)(C)C)O1.